The number of urea groups is 1. The van der Waals surface area contributed by atoms with Crippen molar-refractivity contribution in [1.29, 1.82) is 0 Å². The van der Waals surface area contributed by atoms with Crippen LogP contribution in [0.1, 0.15) is 20.8 Å². The Morgan fingerprint density at radius 2 is 1.97 bits per heavy atom. The topological polar surface area (TPSA) is 123 Å². The molecule has 3 rings (SSSR count). The number of thioether (sulfide) groups is 1. The van der Waals surface area contributed by atoms with Crippen molar-refractivity contribution < 1.29 is 22.7 Å². The van der Waals surface area contributed by atoms with Crippen LogP contribution in [0, 0.1) is 0 Å². The van der Waals surface area contributed by atoms with Crippen molar-refractivity contribution in [1.82, 2.24) is 24.5 Å². The number of nitrogens with zero attached hydrogens (tertiary/aromatic N) is 3. The van der Waals surface area contributed by atoms with E-state index in [2.05, 4.69) is 15.6 Å². The summed E-state index contributed by atoms with van der Waals surface area (Å²) in [4.78, 5) is 28.6. The highest BCUT2D eigenvalue weighted by molar-refractivity contribution is 8.00. The number of imidazole rings is 1. The van der Waals surface area contributed by atoms with Gasteiger partial charge < -0.3 is 14.6 Å². The summed E-state index contributed by atoms with van der Waals surface area (Å²) in [5.41, 5.74) is 1.32. The summed E-state index contributed by atoms with van der Waals surface area (Å²) in [5.74, 6) is -0.429. The molecule has 3 amide bonds. The average molecular weight is 470 g/mol. The summed E-state index contributed by atoms with van der Waals surface area (Å²) in [6.07, 6.45) is 0. The average Bonchev–Trinajstić information content (AvgIpc) is 3.10. The molecule has 0 spiro atoms. The molecule has 1 fully saturated rings. The van der Waals surface area contributed by atoms with Crippen LogP contribution in [0.4, 0.5) is 4.79 Å². The first-order valence-electron chi connectivity index (χ1n) is 10.1. The number of imide groups is 1. The molecule has 2 heterocycles. The maximum Gasteiger partial charge on any atom is 0.321 e. The zero-order valence-electron chi connectivity index (χ0n) is 17.8. The van der Waals surface area contributed by atoms with Gasteiger partial charge in [0, 0.05) is 26.2 Å². The second-order valence-corrected chi connectivity index (χ2v) is 10.2. The largest absolute Gasteiger partial charge is 0.379 e. The van der Waals surface area contributed by atoms with E-state index >= 15 is 0 Å². The third kappa shape index (κ3) is 5.20. The number of aryl methyl sites for hydroxylation is 1. The van der Waals surface area contributed by atoms with Crippen LogP contribution >= 0.6 is 11.8 Å². The zero-order chi connectivity index (χ0) is 22.6. The molecule has 12 heteroatoms. The molecule has 1 unspecified atom stereocenters. The number of aromatic nitrogens is 2. The third-order valence-corrected chi connectivity index (χ3v) is 7.82. The third-order valence-electron chi connectivity index (χ3n) is 4.83. The van der Waals surface area contributed by atoms with Gasteiger partial charge in [-0.2, -0.15) is 4.31 Å². The molecule has 0 aliphatic carbocycles. The van der Waals surface area contributed by atoms with Gasteiger partial charge in [0.2, 0.25) is 15.9 Å². The summed E-state index contributed by atoms with van der Waals surface area (Å²) < 4.78 is 34.5. The van der Waals surface area contributed by atoms with Crippen LogP contribution in [-0.4, -0.2) is 72.3 Å². The Bertz CT molecular complexity index is 1060. The summed E-state index contributed by atoms with van der Waals surface area (Å²) in [6, 6.07) is 4.35. The fourth-order valence-electron chi connectivity index (χ4n) is 3.21. The normalized spacial score (nSPS) is 16.2. The van der Waals surface area contributed by atoms with Crippen LogP contribution in [0.15, 0.2) is 28.3 Å². The lowest BCUT2D eigenvalue weighted by Crippen LogP contribution is -2.42. The fraction of sp³-hybridized carbons (Fsp3) is 0.526. The number of sulfonamides is 1. The van der Waals surface area contributed by atoms with Crippen LogP contribution in [0.5, 0.6) is 0 Å². The van der Waals surface area contributed by atoms with Crippen LogP contribution in [0.25, 0.3) is 11.0 Å². The number of carbonyl (C=O) groups excluding carboxylic acids is 2. The number of rotatable bonds is 7. The van der Waals surface area contributed by atoms with E-state index in [4.69, 9.17) is 4.74 Å². The van der Waals surface area contributed by atoms with Gasteiger partial charge in [-0.25, -0.2) is 18.2 Å². The van der Waals surface area contributed by atoms with Crippen molar-refractivity contribution >= 4 is 44.8 Å². The predicted octanol–water partition coefficient (Wildman–Crippen LogP) is 1.40. The molecule has 10 nitrogen and oxygen atoms in total. The lowest BCUT2D eigenvalue weighted by atomic mass is 10.3. The molecular formula is C19H27N5O5S2. The fourth-order valence-corrected chi connectivity index (χ4v) is 5.63. The molecule has 0 radical (unpaired) electrons. The van der Waals surface area contributed by atoms with Gasteiger partial charge in [0.05, 0.1) is 34.4 Å². The van der Waals surface area contributed by atoms with Gasteiger partial charge in [0.25, 0.3) is 0 Å². The number of nitrogens with one attached hydrogen (secondary N) is 2. The molecule has 2 aromatic rings. The van der Waals surface area contributed by atoms with E-state index < -0.39 is 27.2 Å². The molecular weight excluding hydrogens is 442 g/mol. The van der Waals surface area contributed by atoms with Gasteiger partial charge >= 0.3 is 6.03 Å². The van der Waals surface area contributed by atoms with Gasteiger partial charge in [0.15, 0.2) is 5.16 Å². The molecule has 0 saturated carbocycles. The predicted molar refractivity (Wildman–Crippen MR) is 118 cm³/mol. The molecule has 1 aromatic carbocycles. The van der Waals surface area contributed by atoms with Crippen molar-refractivity contribution in [2.75, 3.05) is 32.8 Å². The van der Waals surface area contributed by atoms with Crippen molar-refractivity contribution in [2.45, 2.75) is 42.6 Å². The SMILES string of the molecule is CCNC(=O)NC(=O)C(C)Sc1nc2cc(S(=O)(=O)N3CCOCC3)ccc2n1CC. The van der Waals surface area contributed by atoms with Crippen molar-refractivity contribution in [3.05, 3.63) is 18.2 Å². The first-order valence-corrected chi connectivity index (χ1v) is 12.4. The number of ether oxygens (including phenoxy) is 1. The Hall–Kier alpha value is -2.15. The van der Waals surface area contributed by atoms with E-state index in [1.54, 1.807) is 32.0 Å². The first kappa shape index (κ1) is 23.5. The number of amides is 3. The van der Waals surface area contributed by atoms with Crippen LogP contribution in [-0.2, 0) is 26.1 Å². The van der Waals surface area contributed by atoms with E-state index in [0.29, 0.717) is 50.1 Å². The van der Waals surface area contributed by atoms with E-state index in [0.717, 1.165) is 5.52 Å². The summed E-state index contributed by atoms with van der Waals surface area (Å²) in [5, 5.41) is 4.82. The maximum absolute atomic E-state index is 13.0. The Morgan fingerprint density at radius 1 is 1.26 bits per heavy atom. The number of hydrogen-bond acceptors (Lipinski definition) is 7. The molecule has 170 valence electrons. The number of benzene rings is 1. The first-order chi connectivity index (χ1) is 14.8. The quantitative estimate of drug-likeness (QED) is 0.588. The number of morpholine rings is 1. The minimum atomic E-state index is -3.63. The molecule has 1 aliphatic heterocycles. The van der Waals surface area contributed by atoms with Crippen molar-refractivity contribution in [3.8, 4) is 0 Å². The highest BCUT2D eigenvalue weighted by Crippen LogP contribution is 2.29. The highest BCUT2D eigenvalue weighted by atomic mass is 32.2. The molecule has 1 aliphatic rings. The van der Waals surface area contributed by atoms with Crippen LogP contribution in [0.3, 0.4) is 0 Å². The second kappa shape index (κ2) is 9.98. The van der Waals surface area contributed by atoms with E-state index in [9.17, 15) is 18.0 Å². The Balaban J connectivity index is 1.85. The van der Waals surface area contributed by atoms with Gasteiger partial charge in [0.1, 0.15) is 0 Å². The zero-order valence-corrected chi connectivity index (χ0v) is 19.4. The number of hydrogen-bond donors (Lipinski definition) is 2. The molecule has 1 atom stereocenters. The molecule has 0 bridgehead atoms. The van der Waals surface area contributed by atoms with Gasteiger partial charge in [-0.1, -0.05) is 11.8 Å². The smallest absolute Gasteiger partial charge is 0.321 e. The Kier molecular flexibility index (Phi) is 7.57. The lowest BCUT2D eigenvalue weighted by Gasteiger charge is -2.26. The molecule has 31 heavy (non-hydrogen) atoms. The monoisotopic (exact) mass is 469 g/mol. The van der Waals surface area contributed by atoms with Crippen LogP contribution < -0.4 is 10.6 Å². The van der Waals surface area contributed by atoms with Gasteiger partial charge in [-0.05, 0) is 39.0 Å². The van der Waals surface area contributed by atoms with Crippen LogP contribution in [0.2, 0.25) is 0 Å². The lowest BCUT2D eigenvalue weighted by molar-refractivity contribution is -0.119. The van der Waals surface area contributed by atoms with Crippen molar-refractivity contribution in [2.24, 2.45) is 0 Å². The Morgan fingerprint density at radius 3 is 2.61 bits per heavy atom. The van der Waals surface area contributed by atoms with Gasteiger partial charge in [-0.3, -0.25) is 10.1 Å². The summed E-state index contributed by atoms with van der Waals surface area (Å²) >= 11 is 1.21. The minimum Gasteiger partial charge on any atom is -0.379 e. The number of fused-ring (bicyclic) bond motifs is 1. The standard InChI is InChI=1S/C19H27N5O5S2/c1-4-20-18(26)22-17(25)13(3)30-19-21-15-12-14(6-7-16(15)24(19)5-2)31(27,28)23-8-10-29-11-9-23/h6-7,12-13H,4-5,8-11H2,1-3H3,(H2,20,22,25,26). The molecule has 1 aromatic heterocycles. The van der Waals surface area contributed by atoms with E-state index in [1.165, 1.54) is 16.1 Å². The minimum absolute atomic E-state index is 0.182. The van der Waals surface area contributed by atoms with Crippen molar-refractivity contribution in [3.63, 3.8) is 0 Å². The molecule has 2 N–H and O–H groups in total. The van der Waals surface area contributed by atoms with E-state index in [1.807, 2.05) is 11.5 Å². The highest BCUT2D eigenvalue weighted by Gasteiger charge is 2.27. The maximum atomic E-state index is 13.0. The summed E-state index contributed by atoms with van der Waals surface area (Å²) in [6.45, 7) is 7.81. The van der Waals surface area contributed by atoms with E-state index in [-0.39, 0.29) is 4.90 Å². The summed E-state index contributed by atoms with van der Waals surface area (Å²) in [7, 11) is -3.63. The molecule has 1 saturated heterocycles. The number of carbonyl (C=O) groups is 2. The van der Waals surface area contributed by atoms with Gasteiger partial charge in [-0.15, -0.1) is 0 Å². The second-order valence-electron chi connectivity index (χ2n) is 6.91. The Labute approximate surface area is 185 Å².